The predicted octanol–water partition coefficient (Wildman–Crippen LogP) is 18.5. The predicted molar refractivity (Wildman–Crippen MR) is 276 cm³/mol. The van der Waals surface area contributed by atoms with E-state index in [1.165, 1.54) is 73.7 Å². The summed E-state index contributed by atoms with van der Waals surface area (Å²) in [6, 6.07) is 81.6. The van der Waals surface area contributed by atoms with Crippen LogP contribution < -0.4 is 4.90 Å². The molecule has 64 heavy (non-hydrogen) atoms. The molecule has 0 amide bonds. The Morgan fingerprint density at radius 2 is 0.719 bits per heavy atom. The van der Waals surface area contributed by atoms with Crippen LogP contribution in [0.4, 0.5) is 17.1 Å². The SMILES string of the molecule is c1ccc(-c2ccc3c(c2)sc2ccccc23)c(-c2ccc(N(c3ccc(-c4cccc5oc6ccccc6c45)cc3)c3ccc(-c4cccc5sc6ccccc6c45)cc3)cc2)c1. The maximum atomic E-state index is 6.27. The zero-order valence-electron chi connectivity index (χ0n) is 34.5. The average molecular weight is 852 g/mol. The van der Waals surface area contributed by atoms with Crippen molar-refractivity contribution in [2.75, 3.05) is 4.90 Å². The van der Waals surface area contributed by atoms with E-state index >= 15 is 0 Å². The van der Waals surface area contributed by atoms with E-state index in [4.69, 9.17) is 4.42 Å². The van der Waals surface area contributed by atoms with Crippen LogP contribution in [0.2, 0.25) is 0 Å². The number of hydrogen-bond acceptors (Lipinski definition) is 4. The number of rotatable bonds is 7. The molecular formula is C60H37NOS2. The maximum absolute atomic E-state index is 6.27. The van der Waals surface area contributed by atoms with E-state index in [1.54, 1.807) is 0 Å². The van der Waals surface area contributed by atoms with Crippen molar-refractivity contribution in [1.29, 1.82) is 0 Å². The van der Waals surface area contributed by atoms with E-state index in [9.17, 15) is 0 Å². The summed E-state index contributed by atoms with van der Waals surface area (Å²) < 4.78 is 11.5. The van der Waals surface area contributed by atoms with Crippen molar-refractivity contribution in [3.63, 3.8) is 0 Å². The first-order valence-corrected chi connectivity index (χ1v) is 23.3. The first-order valence-electron chi connectivity index (χ1n) is 21.6. The van der Waals surface area contributed by atoms with Crippen LogP contribution in [-0.4, -0.2) is 0 Å². The summed E-state index contributed by atoms with van der Waals surface area (Å²) in [6.45, 7) is 0. The monoisotopic (exact) mass is 851 g/mol. The second-order valence-corrected chi connectivity index (χ2v) is 18.6. The summed E-state index contributed by atoms with van der Waals surface area (Å²) in [5, 5.41) is 7.55. The number of furan rings is 1. The van der Waals surface area contributed by atoms with Crippen molar-refractivity contribution >= 4 is 102 Å². The van der Waals surface area contributed by atoms with Crippen molar-refractivity contribution in [2.24, 2.45) is 0 Å². The number of thiophene rings is 2. The zero-order valence-corrected chi connectivity index (χ0v) is 36.2. The Morgan fingerprint density at radius 1 is 0.281 bits per heavy atom. The molecule has 13 rings (SSSR count). The number of nitrogens with zero attached hydrogens (tertiary/aromatic N) is 1. The van der Waals surface area contributed by atoms with Crippen molar-refractivity contribution in [2.45, 2.75) is 0 Å². The quantitative estimate of drug-likeness (QED) is 0.159. The van der Waals surface area contributed by atoms with E-state index in [0.717, 1.165) is 50.1 Å². The van der Waals surface area contributed by atoms with Gasteiger partial charge in [0.1, 0.15) is 11.2 Å². The van der Waals surface area contributed by atoms with Gasteiger partial charge in [-0.3, -0.25) is 0 Å². The van der Waals surface area contributed by atoms with Gasteiger partial charge in [-0.15, -0.1) is 22.7 Å². The Balaban J connectivity index is 0.902. The molecule has 2 nitrogen and oxygen atoms in total. The molecule has 10 aromatic carbocycles. The third-order valence-corrected chi connectivity index (χ3v) is 15.0. The molecule has 0 saturated carbocycles. The van der Waals surface area contributed by atoms with Gasteiger partial charge >= 0.3 is 0 Å². The third-order valence-electron chi connectivity index (χ3n) is 12.7. The van der Waals surface area contributed by atoms with Crippen molar-refractivity contribution < 1.29 is 4.42 Å². The molecule has 0 fully saturated rings. The van der Waals surface area contributed by atoms with Crippen LogP contribution in [-0.2, 0) is 0 Å². The Morgan fingerprint density at radius 3 is 1.41 bits per heavy atom. The summed E-state index contributed by atoms with van der Waals surface area (Å²) >= 11 is 3.73. The molecule has 0 N–H and O–H groups in total. The molecule has 300 valence electrons. The Kier molecular flexibility index (Phi) is 8.61. The van der Waals surface area contributed by atoms with Crippen LogP contribution in [0.15, 0.2) is 229 Å². The molecule has 0 unspecified atom stereocenters. The minimum Gasteiger partial charge on any atom is -0.456 e. The zero-order chi connectivity index (χ0) is 42.1. The molecule has 0 aliphatic heterocycles. The average Bonchev–Trinajstić information content (AvgIpc) is 4.06. The topological polar surface area (TPSA) is 16.4 Å². The molecule has 0 bridgehead atoms. The minimum absolute atomic E-state index is 0.901. The summed E-state index contributed by atoms with van der Waals surface area (Å²) in [5.41, 5.74) is 14.7. The maximum Gasteiger partial charge on any atom is 0.136 e. The van der Waals surface area contributed by atoms with Gasteiger partial charge < -0.3 is 9.32 Å². The highest BCUT2D eigenvalue weighted by Gasteiger charge is 2.18. The normalized spacial score (nSPS) is 11.8. The van der Waals surface area contributed by atoms with Crippen LogP contribution in [0.25, 0.3) is 107 Å². The number of para-hydroxylation sites is 1. The summed E-state index contributed by atoms with van der Waals surface area (Å²) in [7, 11) is 0. The van der Waals surface area contributed by atoms with E-state index in [1.807, 2.05) is 34.8 Å². The van der Waals surface area contributed by atoms with E-state index < -0.39 is 0 Å². The van der Waals surface area contributed by atoms with Gasteiger partial charge in [0.15, 0.2) is 0 Å². The number of hydrogen-bond donors (Lipinski definition) is 0. The molecule has 0 aliphatic rings. The molecule has 0 saturated heterocycles. The van der Waals surface area contributed by atoms with Gasteiger partial charge in [0.2, 0.25) is 0 Å². The van der Waals surface area contributed by atoms with Gasteiger partial charge in [-0.1, -0.05) is 152 Å². The fourth-order valence-corrected chi connectivity index (χ4v) is 12.0. The number of fused-ring (bicyclic) bond motifs is 9. The van der Waals surface area contributed by atoms with Crippen molar-refractivity contribution in [3.05, 3.63) is 224 Å². The molecule has 3 heterocycles. The summed E-state index contributed by atoms with van der Waals surface area (Å²) in [5.74, 6) is 0. The Labute approximate surface area is 378 Å². The first kappa shape index (κ1) is 36.9. The lowest BCUT2D eigenvalue weighted by molar-refractivity contribution is 0.669. The van der Waals surface area contributed by atoms with Crippen LogP contribution in [0, 0.1) is 0 Å². The smallest absolute Gasteiger partial charge is 0.136 e. The van der Waals surface area contributed by atoms with Crippen LogP contribution in [0.1, 0.15) is 0 Å². The minimum atomic E-state index is 0.901. The van der Waals surface area contributed by atoms with Gasteiger partial charge in [-0.05, 0) is 117 Å². The lowest BCUT2D eigenvalue weighted by Gasteiger charge is -2.26. The molecule has 0 spiro atoms. The van der Waals surface area contributed by atoms with Gasteiger partial charge in [0, 0.05) is 68.2 Å². The molecular weight excluding hydrogens is 815 g/mol. The van der Waals surface area contributed by atoms with Crippen LogP contribution >= 0.6 is 22.7 Å². The number of anilines is 3. The molecule has 0 aliphatic carbocycles. The Bertz CT molecular complexity index is 3730. The highest BCUT2D eigenvalue weighted by atomic mass is 32.1. The standard InChI is InChI=1S/C60H37NOS2/c1-2-12-46(41-29-36-50-49-13-4-7-20-55(49)64-58(50)37-41)45(11-1)38-23-30-42(31-24-38)61(43-32-25-39(26-33-43)47-16-9-19-54-59(47)51-14-3-6-18-53(51)62-54)44-34-27-40(28-35-44)48-17-10-22-57-60(48)52-15-5-8-21-56(52)63-57/h1-37H. The van der Waals surface area contributed by atoms with Crippen molar-refractivity contribution in [1.82, 2.24) is 0 Å². The van der Waals surface area contributed by atoms with E-state index in [2.05, 4.69) is 217 Å². The highest BCUT2D eigenvalue weighted by molar-refractivity contribution is 7.26. The lowest BCUT2D eigenvalue weighted by Crippen LogP contribution is -2.09. The van der Waals surface area contributed by atoms with Gasteiger partial charge in [0.05, 0.1) is 0 Å². The third kappa shape index (κ3) is 6.06. The van der Waals surface area contributed by atoms with Crippen molar-refractivity contribution in [3.8, 4) is 44.5 Å². The second-order valence-electron chi connectivity index (χ2n) is 16.4. The molecule has 3 aromatic heterocycles. The molecule has 13 aromatic rings. The molecule has 0 radical (unpaired) electrons. The second kappa shape index (κ2) is 15.0. The van der Waals surface area contributed by atoms with Crippen LogP contribution in [0.5, 0.6) is 0 Å². The van der Waals surface area contributed by atoms with Gasteiger partial charge in [0.25, 0.3) is 0 Å². The fraction of sp³-hybridized carbons (Fsp3) is 0. The highest BCUT2D eigenvalue weighted by Crippen LogP contribution is 2.44. The first-order chi connectivity index (χ1) is 31.7. The molecule has 0 atom stereocenters. The molecule has 4 heteroatoms. The van der Waals surface area contributed by atoms with Gasteiger partial charge in [-0.25, -0.2) is 0 Å². The summed E-state index contributed by atoms with van der Waals surface area (Å²) in [4.78, 5) is 2.37. The lowest BCUT2D eigenvalue weighted by atomic mass is 9.94. The largest absolute Gasteiger partial charge is 0.456 e. The van der Waals surface area contributed by atoms with E-state index in [0.29, 0.717) is 0 Å². The fourth-order valence-electron chi connectivity index (χ4n) is 9.73. The van der Waals surface area contributed by atoms with E-state index in [-0.39, 0.29) is 0 Å². The summed E-state index contributed by atoms with van der Waals surface area (Å²) in [6.07, 6.45) is 0. The Hall–Kier alpha value is -7.76. The van der Waals surface area contributed by atoms with Gasteiger partial charge in [-0.2, -0.15) is 0 Å². The van der Waals surface area contributed by atoms with Crippen LogP contribution in [0.3, 0.4) is 0 Å². The number of benzene rings is 10.